The lowest BCUT2D eigenvalue weighted by atomic mass is 10.1. The van der Waals surface area contributed by atoms with E-state index in [0.717, 1.165) is 17.1 Å². The van der Waals surface area contributed by atoms with Crippen LogP contribution in [0.3, 0.4) is 0 Å². The highest BCUT2D eigenvalue weighted by atomic mass is 79.9. The molecule has 0 N–H and O–H groups in total. The van der Waals surface area contributed by atoms with Gasteiger partial charge in [-0.25, -0.2) is 0 Å². The Morgan fingerprint density at radius 3 is 2.47 bits per heavy atom. The van der Waals surface area contributed by atoms with E-state index in [-0.39, 0.29) is 4.83 Å². The maximum absolute atomic E-state index is 5.30. The van der Waals surface area contributed by atoms with E-state index in [4.69, 9.17) is 9.47 Å². The molecule has 0 aliphatic heterocycles. The number of rotatable bonds is 4. The fourth-order valence-electron chi connectivity index (χ4n) is 1.61. The summed E-state index contributed by atoms with van der Waals surface area (Å²) in [6.07, 6.45) is 0. The maximum atomic E-state index is 5.30. The monoisotopic (exact) mass is 312 g/mol. The van der Waals surface area contributed by atoms with Gasteiger partial charge >= 0.3 is 0 Å². The van der Waals surface area contributed by atoms with Crippen LogP contribution in [0.1, 0.15) is 15.3 Å². The van der Waals surface area contributed by atoms with Crippen molar-refractivity contribution in [2.24, 2.45) is 0 Å². The van der Waals surface area contributed by atoms with Crippen molar-refractivity contribution in [1.82, 2.24) is 0 Å². The molecule has 2 aromatic rings. The summed E-state index contributed by atoms with van der Waals surface area (Å²) < 4.78 is 10.5. The van der Waals surface area contributed by atoms with Crippen LogP contribution in [0.2, 0.25) is 0 Å². The third-order valence-corrected chi connectivity index (χ3v) is 4.76. The molecule has 0 fully saturated rings. The Balaban J connectivity index is 2.33. The van der Waals surface area contributed by atoms with Gasteiger partial charge in [0.05, 0.1) is 19.0 Å². The Kier molecular flexibility index (Phi) is 4.07. The van der Waals surface area contributed by atoms with Gasteiger partial charge in [0.2, 0.25) is 0 Å². The molecule has 0 saturated heterocycles. The molecule has 0 bridgehead atoms. The zero-order valence-corrected chi connectivity index (χ0v) is 12.0. The molecule has 0 spiro atoms. The third-order valence-electron chi connectivity index (χ3n) is 2.49. The maximum Gasteiger partial charge on any atom is 0.161 e. The molecule has 1 aromatic carbocycles. The number of hydrogen-bond acceptors (Lipinski definition) is 3. The second-order valence-electron chi connectivity index (χ2n) is 3.49. The van der Waals surface area contributed by atoms with E-state index < -0.39 is 0 Å². The molecule has 0 saturated carbocycles. The van der Waals surface area contributed by atoms with Crippen LogP contribution < -0.4 is 9.47 Å². The highest BCUT2D eigenvalue weighted by Gasteiger charge is 2.14. The van der Waals surface area contributed by atoms with Gasteiger partial charge in [0.25, 0.3) is 0 Å². The van der Waals surface area contributed by atoms with E-state index in [1.54, 1.807) is 25.6 Å². The van der Waals surface area contributed by atoms with Gasteiger partial charge in [-0.05, 0) is 29.1 Å². The average molecular weight is 313 g/mol. The summed E-state index contributed by atoms with van der Waals surface area (Å²) in [5.74, 6) is 1.51. The van der Waals surface area contributed by atoms with Gasteiger partial charge in [-0.2, -0.15) is 0 Å². The van der Waals surface area contributed by atoms with Crippen LogP contribution in [-0.2, 0) is 0 Å². The lowest BCUT2D eigenvalue weighted by Crippen LogP contribution is -1.94. The number of thiophene rings is 1. The van der Waals surface area contributed by atoms with Crippen molar-refractivity contribution < 1.29 is 9.47 Å². The summed E-state index contributed by atoms with van der Waals surface area (Å²) in [5, 5.41) is 2.07. The number of ether oxygens (including phenoxy) is 2. The predicted molar refractivity (Wildman–Crippen MR) is 74.6 cm³/mol. The number of hydrogen-bond donors (Lipinski definition) is 0. The zero-order chi connectivity index (χ0) is 12.3. The number of benzene rings is 1. The first kappa shape index (κ1) is 12.5. The van der Waals surface area contributed by atoms with Gasteiger partial charge in [-0.15, -0.1) is 11.3 Å². The first-order valence-corrected chi connectivity index (χ1v) is 6.95. The van der Waals surface area contributed by atoms with E-state index in [0.29, 0.717) is 0 Å². The van der Waals surface area contributed by atoms with Gasteiger partial charge in [-0.1, -0.05) is 28.1 Å². The highest BCUT2D eigenvalue weighted by Crippen LogP contribution is 2.37. The lowest BCUT2D eigenvalue weighted by molar-refractivity contribution is 0.354. The fraction of sp³-hybridized carbons (Fsp3) is 0.231. The number of methoxy groups -OCH3 is 2. The van der Waals surface area contributed by atoms with Crippen LogP contribution in [0.5, 0.6) is 11.5 Å². The molecular weight excluding hydrogens is 300 g/mol. The first-order chi connectivity index (χ1) is 8.26. The molecule has 4 heteroatoms. The standard InChI is InChI=1S/C13H13BrO2S/c1-15-10-6-5-9(8-11(10)16-2)13(14)12-4-3-7-17-12/h3-8,13H,1-2H3. The summed E-state index contributed by atoms with van der Waals surface area (Å²) in [5.41, 5.74) is 1.16. The van der Waals surface area contributed by atoms with Crippen LogP contribution in [0.4, 0.5) is 0 Å². The second-order valence-corrected chi connectivity index (χ2v) is 5.39. The molecule has 1 atom stereocenters. The summed E-state index contributed by atoms with van der Waals surface area (Å²) in [6, 6.07) is 10.1. The molecule has 1 unspecified atom stereocenters. The number of alkyl halides is 1. The molecular formula is C13H13BrO2S. The minimum Gasteiger partial charge on any atom is -0.493 e. The molecule has 0 aliphatic rings. The minimum absolute atomic E-state index is 0.197. The van der Waals surface area contributed by atoms with Gasteiger partial charge in [0.1, 0.15) is 0 Å². The van der Waals surface area contributed by atoms with E-state index in [1.165, 1.54) is 4.88 Å². The van der Waals surface area contributed by atoms with Crippen LogP contribution >= 0.6 is 27.3 Å². The Morgan fingerprint density at radius 2 is 1.88 bits per heavy atom. The molecule has 0 amide bonds. The normalized spacial score (nSPS) is 12.2. The number of halogens is 1. The second kappa shape index (κ2) is 5.56. The first-order valence-electron chi connectivity index (χ1n) is 5.15. The summed E-state index contributed by atoms with van der Waals surface area (Å²) >= 11 is 5.43. The van der Waals surface area contributed by atoms with E-state index >= 15 is 0 Å². The van der Waals surface area contributed by atoms with Crippen molar-refractivity contribution in [2.75, 3.05) is 14.2 Å². The highest BCUT2D eigenvalue weighted by molar-refractivity contribution is 9.09. The van der Waals surface area contributed by atoms with Crippen molar-refractivity contribution in [1.29, 1.82) is 0 Å². The SMILES string of the molecule is COc1ccc(C(Br)c2cccs2)cc1OC. The summed E-state index contributed by atoms with van der Waals surface area (Å²) in [4.78, 5) is 1.47. The molecule has 0 radical (unpaired) electrons. The third kappa shape index (κ3) is 2.64. The van der Waals surface area contributed by atoms with Gasteiger partial charge in [0.15, 0.2) is 11.5 Å². The van der Waals surface area contributed by atoms with E-state index in [2.05, 4.69) is 33.4 Å². The van der Waals surface area contributed by atoms with E-state index in [1.807, 2.05) is 18.2 Å². The fourth-order valence-corrected chi connectivity index (χ4v) is 3.10. The van der Waals surface area contributed by atoms with Gasteiger partial charge in [-0.3, -0.25) is 0 Å². The Hall–Kier alpha value is -1.00. The lowest BCUT2D eigenvalue weighted by Gasteiger charge is -2.12. The van der Waals surface area contributed by atoms with Crippen molar-refractivity contribution >= 4 is 27.3 Å². The van der Waals surface area contributed by atoms with Crippen LogP contribution in [0.25, 0.3) is 0 Å². The Morgan fingerprint density at radius 1 is 1.12 bits per heavy atom. The van der Waals surface area contributed by atoms with Crippen molar-refractivity contribution in [3.05, 3.63) is 46.2 Å². The molecule has 1 aromatic heterocycles. The van der Waals surface area contributed by atoms with Crippen molar-refractivity contribution in [3.8, 4) is 11.5 Å². The Bertz CT molecular complexity index is 482. The van der Waals surface area contributed by atoms with Crippen LogP contribution in [0, 0.1) is 0 Å². The Labute approximate surface area is 113 Å². The van der Waals surface area contributed by atoms with E-state index in [9.17, 15) is 0 Å². The van der Waals surface area contributed by atoms with Gasteiger partial charge in [0, 0.05) is 4.88 Å². The van der Waals surface area contributed by atoms with Crippen LogP contribution in [-0.4, -0.2) is 14.2 Å². The minimum atomic E-state index is 0.197. The molecule has 90 valence electrons. The summed E-state index contributed by atoms with van der Waals surface area (Å²) in [6.45, 7) is 0. The molecule has 2 nitrogen and oxygen atoms in total. The van der Waals surface area contributed by atoms with Gasteiger partial charge < -0.3 is 9.47 Å². The molecule has 0 aliphatic carbocycles. The molecule has 2 rings (SSSR count). The summed E-state index contributed by atoms with van der Waals surface area (Å²) in [7, 11) is 3.29. The quantitative estimate of drug-likeness (QED) is 0.786. The van der Waals surface area contributed by atoms with Crippen LogP contribution in [0.15, 0.2) is 35.7 Å². The van der Waals surface area contributed by atoms with Crippen molar-refractivity contribution in [2.45, 2.75) is 4.83 Å². The smallest absolute Gasteiger partial charge is 0.161 e. The predicted octanol–water partition coefficient (Wildman–Crippen LogP) is 4.25. The van der Waals surface area contributed by atoms with Crippen molar-refractivity contribution in [3.63, 3.8) is 0 Å². The molecule has 1 heterocycles. The largest absolute Gasteiger partial charge is 0.493 e. The topological polar surface area (TPSA) is 18.5 Å². The zero-order valence-electron chi connectivity index (χ0n) is 9.64. The molecule has 17 heavy (non-hydrogen) atoms. The average Bonchev–Trinajstić information content (AvgIpc) is 2.90.